The topological polar surface area (TPSA) is 40.9 Å². The minimum Gasteiger partial charge on any atom is -0.288 e. The van der Waals surface area contributed by atoms with Crippen molar-refractivity contribution < 1.29 is 4.79 Å². The van der Waals surface area contributed by atoms with Gasteiger partial charge in [0.15, 0.2) is 0 Å². The number of hydrogen-bond donors (Lipinski definition) is 0. The lowest BCUT2D eigenvalue weighted by Crippen LogP contribution is -1.99. The Labute approximate surface area is 120 Å². The van der Waals surface area contributed by atoms with Crippen LogP contribution < -0.4 is 0 Å². The van der Waals surface area contributed by atoms with Crippen molar-refractivity contribution >= 4 is 35.0 Å². The Bertz CT molecular complexity index is 634. The number of carbonyl (C=O) groups excluding carboxylic acids is 1. The number of thioether (sulfide) groups is 1. The Kier molecular flexibility index (Phi) is 4.56. The maximum atomic E-state index is 12.1. The number of carbonyl (C=O) groups is 1. The van der Waals surface area contributed by atoms with Crippen LogP contribution in [0, 0.1) is 11.3 Å². The highest BCUT2D eigenvalue weighted by Crippen LogP contribution is 2.18. The fourth-order valence-corrected chi connectivity index (χ4v) is 2.61. The molecule has 1 aromatic carbocycles. The Hall–Kier alpha value is -1.83. The van der Waals surface area contributed by atoms with Gasteiger partial charge in [0.1, 0.15) is 11.6 Å². The average Bonchev–Trinajstić information content (AvgIpc) is 2.99. The molecule has 0 atom stereocenters. The molecule has 0 aliphatic carbocycles. The van der Waals surface area contributed by atoms with Gasteiger partial charge >= 0.3 is 0 Å². The van der Waals surface area contributed by atoms with Gasteiger partial charge in [-0.15, -0.1) is 11.8 Å². The molecule has 4 heteroatoms. The summed E-state index contributed by atoms with van der Waals surface area (Å²) < 4.78 is 0. The van der Waals surface area contributed by atoms with Crippen molar-refractivity contribution in [1.29, 1.82) is 5.26 Å². The van der Waals surface area contributed by atoms with E-state index in [9.17, 15) is 4.79 Å². The van der Waals surface area contributed by atoms with Crippen LogP contribution in [0.3, 0.4) is 0 Å². The van der Waals surface area contributed by atoms with Gasteiger partial charge in [0, 0.05) is 15.8 Å². The standard InChI is InChI=1S/C15H11NOS2/c1-18-14-4-2-11(3-5-14)8-13(9-16)15(17)12-6-7-19-10-12/h2-8,10H,1H3. The molecular weight excluding hydrogens is 274 g/mol. The van der Waals surface area contributed by atoms with E-state index in [1.54, 1.807) is 29.3 Å². The first-order valence-corrected chi connectivity index (χ1v) is 7.74. The Morgan fingerprint density at radius 2 is 2.05 bits per heavy atom. The summed E-state index contributed by atoms with van der Waals surface area (Å²) in [6.45, 7) is 0. The molecule has 2 aromatic rings. The molecule has 0 bridgehead atoms. The van der Waals surface area contributed by atoms with Crippen molar-refractivity contribution in [2.45, 2.75) is 4.90 Å². The molecule has 0 saturated carbocycles. The van der Waals surface area contributed by atoms with E-state index in [1.807, 2.05) is 42.0 Å². The highest BCUT2D eigenvalue weighted by atomic mass is 32.2. The molecule has 1 aromatic heterocycles. The molecule has 94 valence electrons. The predicted molar refractivity (Wildman–Crippen MR) is 80.5 cm³/mol. The van der Waals surface area contributed by atoms with Crippen LogP contribution in [-0.4, -0.2) is 12.0 Å². The summed E-state index contributed by atoms with van der Waals surface area (Å²) in [5.41, 5.74) is 1.59. The Balaban J connectivity index is 2.28. The molecule has 0 saturated heterocycles. The number of benzene rings is 1. The summed E-state index contributed by atoms with van der Waals surface area (Å²) in [4.78, 5) is 13.2. The first-order valence-electron chi connectivity index (χ1n) is 5.57. The second kappa shape index (κ2) is 6.37. The van der Waals surface area contributed by atoms with Gasteiger partial charge in [-0.2, -0.15) is 16.6 Å². The minimum atomic E-state index is -0.224. The second-order valence-electron chi connectivity index (χ2n) is 3.78. The number of Topliss-reactive ketones (excluding diaryl/α,β-unsaturated/α-hetero) is 1. The minimum absolute atomic E-state index is 0.162. The molecule has 1 heterocycles. The van der Waals surface area contributed by atoms with E-state index >= 15 is 0 Å². The summed E-state index contributed by atoms with van der Waals surface area (Å²) in [6.07, 6.45) is 3.63. The molecule has 19 heavy (non-hydrogen) atoms. The second-order valence-corrected chi connectivity index (χ2v) is 5.44. The summed E-state index contributed by atoms with van der Waals surface area (Å²) in [7, 11) is 0. The van der Waals surface area contributed by atoms with Crippen molar-refractivity contribution in [3.8, 4) is 6.07 Å². The molecule has 0 amide bonds. The number of nitrogens with zero attached hydrogens (tertiary/aromatic N) is 1. The van der Waals surface area contributed by atoms with Gasteiger partial charge < -0.3 is 0 Å². The van der Waals surface area contributed by atoms with E-state index in [0.717, 1.165) is 10.5 Å². The van der Waals surface area contributed by atoms with Gasteiger partial charge in [0.25, 0.3) is 0 Å². The molecule has 0 N–H and O–H groups in total. The van der Waals surface area contributed by atoms with Gasteiger partial charge in [-0.05, 0) is 41.5 Å². The summed E-state index contributed by atoms with van der Waals surface area (Å²) in [6, 6.07) is 11.5. The van der Waals surface area contributed by atoms with E-state index in [2.05, 4.69) is 0 Å². The smallest absolute Gasteiger partial charge is 0.204 e. The quantitative estimate of drug-likeness (QED) is 0.365. The molecule has 2 rings (SSSR count). The van der Waals surface area contributed by atoms with Crippen LogP contribution >= 0.6 is 23.1 Å². The molecule has 2 nitrogen and oxygen atoms in total. The lowest BCUT2D eigenvalue weighted by molar-refractivity contribution is 0.104. The third-order valence-corrected chi connectivity index (χ3v) is 4.00. The van der Waals surface area contributed by atoms with Crippen molar-refractivity contribution in [3.63, 3.8) is 0 Å². The van der Waals surface area contributed by atoms with Crippen LogP contribution in [-0.2, 0) is 0 Å². The first kappa shape index (κ1) is 13.6. The van der Waals surface area contributed by atoms with Crippen LogP contribution in [0.2, 0.25) is 0 Å². The van der Waals surface area contributed by atoms with Gasteiger partial charge in [-0.3, -0.25) is 4.79 Å². The maximum Gasteiger partial charge on any atom is 0.204 e. The zero-order valence-corrected chi connectivity index (χ0v) is 11.9. The lowest BCUT2D eigenvalue weighted by atomic mass is 10.0. The predicted octanol–water partition coefficient (Wildman–Crippen LogP) is 4.26. The average molecular weight is 285 g/mol. The summed E-state index contributed by atoms with van der Waals surface area (Å²) in [5.74, 6) is -0.224. The van der Waals surface area contributed by atoms with Crippen molar-refractivity contribution in [1.82, 2.24) is 0 Å². The van der Waals surface area contributed by atoms with Crippen LogP contribution in [0.4, 0.5) is 0 Å². The van der Waals surface area contributed by atoms with Gasteiger partial charge in [-0.25, -0.2) is 0 Å². The zero-order chi connectivity index (χ0) is 13.7. The van der Waals surface area contributed by atoms with Crippen LogP contribution in [0.15, 0.2) is 51.6 Å². The largest absolute Gasteiger partial charge is 0.288 e. The fourth-order valence-electron chi connectivity index (χ4n) is 1.56. The summed E-state index contributed by atoms with van der Waals surface area (Å²) >= 11 is 3.10. The van der Waals surface area contributed by atoms with E-state index < -0.39 is 0 Å². The normalized spacial score (nSPS) is 11.1. The van der Waals surface area contributed by atoms with Crippen molar-refractivity contribution in [2.75, 3.05) is 6.26 Å². The maximum absolute atomic E-state index is 12.1. The Morgan fingerprint density at radius 1 is 1.32 bits per heavy atom. The van der Waals surface area contributed by atoms with Crippen molar-refractivity contribution in [3.05, 3.63) is 57.8 Å². The summed E-state index contributed by atoms with van der Waals surface area (Å²) in [5, 5.41) is 12.7. The van der Waals surface area contributed by atoms with Crippen LogP contribution in [0.1, 0.15) is 15.9 Å². The molecule has 0 radical (unpaired) electrons. The number of nitriles is 1. The molecule has 0 unspecified atom stereocenters. The Morgan fingerprint density at radius 3 is 2.58 bits per heavy atom. The van der Waals surface area contributed by atoms with E-state index in [-0.39, 0.29) is 11.4 Å². The number of thiophene rings is 1. The molecule has 0 aliphatic rings. The van der Waals surface area contributed by atoms with Gasteiger partial charge in [-0.1, -0.05) is 12.1 Å². The molecule has 0 fully saturated rings. The first-order chi connectivity index (χ1) is 9.24. The highest BCUT2D eigenvalue weighted by molar-refractivity contribution is 7.98. The van der Waals surface area contributed by atoms with E-state index in [0.29, 0.717) is 5.56 Å². The third kappa shape index (κ3) is 3.34. The number of ketones is 1. The van der Waals surface area contributed by atoms with Crippen LogP contribution in [0.25, 0.3) is 6.08 Å². The third-order valence-electron chi connectivity index (χ3n) is 2.58. The highest BCUT2D eigenvalue weighted by Gasteiger charge is 2.12. The fraction of sp³-hybridized carbons (Fsp3) is 0.0667. The molecular formula is C15H11NOS2. The zero-order valence-electron chi connectivity index (χ0n) is 10.3. The van der Waals surface area contributed by atoms with E-state index in [1.165, 1.54) is 11.3 Å². The van der Waals surface area contributed by atoms with E-state index in [4.69, 9.17) is 5.26 Å². The number of hydrogen-bond acceptors (Lipinski definition) is 4. The lowest BCUT2D eigenvalue weighted by Gasteiger charge is -1.99. The molecule has 0 spiro atoms. The van der Waals surface area contributed by atoms with Gasteiger partial charge in [0.2, 0.25) is 5.78 Å². The van der Waals surface area contributed by atoms with Crippen molar-refractivity contribution in [2.24, 2.45) is 0 Å². The van der Waals surface area contributed by atoms with Gasteiger partial charge in [0.05, 0.1) is 0 Å². The monoisotopic (exact) mass is 285 g/mol. The molecule has 0 aliphatic heterocycles. The number of rotatable bonds is 4. The van der Waals surface area contributed by atoms with Crippen LogP contribution in [0.5, 0.6) is 0 Å². The SMILES string of the molecule is CSc1ccc(C=C(C#N)C(=O)c2ccsc2)cc1. The number of allylic oxidation sites excluding steroid dienone is 1.